The Morgan fingerprint density at radius 2 is 1.56 bits per heavy atom. The number of rotatable bonds is 2. The molecule has 0 bridgehead atoms. The standard InChI is InChI=1S/C22H20O3/c1-14-7-9-18-20(11-14)25-21-12-16(24)8-10-19(21)22(18,2)17-6-4-3-5-15(17)13-23/h3-12,23-24H,13H2,1-2H3/t22-/m0/s1. The summed E-state index contributed by atoms with van der Waals surface area (Å²) in [5.74, 6) is 1.61. The van der Waals surface area contributed by atoms with Crippen LogP contribution in [0.5, 0.6) is 17.2 Å². The molecule has 0 unspecified atom stereocenters. The number of aryl methyl sites for hydroxylation is 1. The van der Waals surface area contributed by atoms with E-state index < -0.39 is 5.41 Å². The first-order valence-corrected chi connectivity index (χ1v) is 8.36. The van der Waals surface area contributed by atoms with Gasteiger partial charge in [0.1, 0.15) is 17.2 Å². The van der Waals surface area contributed by atoms with Crippen LogP contribution < -0.4 is 4.74 Å². The number of ether oxygens (including phenoxy) is 1. The molecule has 3 aromatic rings. The van der Waals surface area contributed by atoms with Gasteiger partial charge >= 0.3 is 0 Å². The summed E-state index contributed by atoms with van der Waals surface area (Å²) >= 11 is 0. The van der Waals surface area contributed by atoms with Crippen LogP contribution in [0.4, 0.5) is 0 Å². The average molecular weight is 332 g/mol. The van der Waals surface area contributed by atoms with Crippen LogP contribution in [0, 0.1) is 6.92 Å². The summed E-state index contributed by atoms with van der Waals surface area (Å²) in [7, 11) is 0. The van der Waals surface area contributed by atoms with Crippen LogP contribution in [0.3, 0.4) is 0 Å². The molecule has 0 radical (unpaired) electrons. The van der Waals surface area contributed by atoms with Gasteiger partial charge in [-0.15, -0.1) is 0 Å². The molecule has 1 atom stereocenters. The Bertz CT molecular complexity index is 908. The summed E-state index contributed by atoms with van der Waals surface area (Å²) < 4.78 is 6.11. The highest BCUT2D eigenvalue weighted by Crippen LogP contribution is 2.52. The topological polar surface area (TPSA) is 49.7 Å². The van der Waals surface area contributed by atoms with Gasteiger partial charge in [-0.3, -0.25) is 0 Å². The SMILES string of the molecule is Cc1ccc2c(c1)Oc1cc(O)ccc1[C@@]2(C)c1ccccc1CO. The second-order valence-corrected chi connectivity index (χ2v) is 6.72. The number of benzene rings is 3. The van der Waals surface area contributed by atoms with Crippen LogP contribution in [0.25, 0.3) is 0 Å². The zero-order chi connectivity index (χ0) is 17.6. The van der Waals surface area contributed by atoms with Gasteiger partial charge in [0.25, 0.3) is 0 Å². The molecular formula is C22H20O3. The minimum atomic E-state index is -0.483. The Labute approximate surface area is 147 Å². The van der Waals surface area contributed by atoms with E-state index in [1.165, 1.54) is 0 Å². The van der Waals surface area contributed by atoms with Crippen molar-refractivity contribution in [1.29, 1.82) is 0 Å². The molecule has 0 saturated carbocycles. The van der Waals surface area contributed by atoms with E-state index in [9.17, 15) is 10.2 Å². The van der Waals surface area contributed by atoms with Gasteiger partial charge in [-0.1, -0.05) is 42.5 Å². The van der Waals surface area contributed by atoms with Crippen molar-refractivity contribution in [2.75, 3.05) is 0 Å². The molecule has 1 aliphatic rings. The van der Waals surface area contributed by atoms with Crippen molar-refractivity contribution < 1.29 is 14.9 Å². The maximum atomic E-state index is 9.91. The number of aliphatic hydroxyl groups is 1. The molecule has 3 aromatic carbocycles. The van der Waals surface area contributed by atoms with Gasteiger partial charge in [0.15, 0.2) is 0 Å². The third-order valence-corrected chi connectivity index (χ3v) is 5.13. The van der Waals surface area contributed by atoms with Crippen LogP contribution in [0.2, 0.25) is 0 Å². The number of hydrogen-bond donors (Lipinski definition) is 2. The van der Waals surface area contributed by atoms with Gasteiger partial charge in [0.2, 0.25) is 0 Å². The summed E-state index contributed by atoms with van der Waals surface area (Å²) in [6, 6.07) is 19.4. The summed E-state index contributed by atoms with van der Waals surface area (Å²) in [6.07, 6.45) is 0. The molecule has 0 spiro atoms. The Morgan fingerprint density at radius 3 is 2.32 bits per heavy atom. The Kier molecular flexibility index (Phi) is 3.55. The van der Waals surface area contributed by atoms with Crippen molar-refractivity contribution >= 4 is 0 Å². The molecule has 1 aliphatic heterocycles. The quantitative estimate of drug-likeness (QED) is 0.718. The molecule has 126 valence electrons. The van der Waals surface area contributed by atoms with E-state index in [0.29, 0.717) is 5.75 Å². The Morgan fingerprint density at radius 1 is 0.880 bits per heavy atom. The first kappa shape index (κ1) is 15.7. The zero-order valence-corrected chi connectivity index (χ0v) is 14.3. The van der Waals surface area contributed by atoms with Crippen LogP contribution in [0.15, 0.2) is 60.7 Å². The zero-order valence-electron chi connectivity index (χ0n) is 14.3. The molecule has 25 heavy (non-hydrogen) atoms. The number of hydrogen-bond acceptors (Lipinski definition) is 3. The predicted octanol–water partition coefficient (Wildman–Crippen LogP) is 4.65. The largest absolute Gasteiger partial charge is 0.508 e. The van der Waals surface area contributed by atoms with Gasteiger partial charge in [0.05, 0.1) is 6.61 Å². The fourth-order valence-corrected chi connectivity index (χ4v) is 3.84. The minimum absolute atomic E-state index is 0.0266. The van der Waals surface area contributed by atoms with E-state index in [4.69, 9.17) is 4.74 Å². The molecule has 3 heteroatoms. The third kappa shape index (κ3) is 2.31. The first-order valence-electron chi connectivity index (χ1n) is 8.36. The van der Waals surface area contributed by atoms with Crippen molar-refractivity contribution in [1.82, 2.24) is 0 Å². The highest BCUT2D eigenvalue weighted by molar-refractivity contribution is 5.65. The lowest BCUT2D eigenvalue weighted by molar-refractivity contribution is 0.279. The lowest BCUT2D eigenvalue weighted by Crippen LogP contribution is -2.30. The van der Waals surface area contributed by atoms with Crippen LogP contribution >= 0.6 is 0 Å². The molecular weight excluding hydrogens is 312 g/mol. The van der Waals surface area contributed by atoms with E-state index in [1.54, 1.807) is 12.1 Å². The van der Waals surface area contributed by atoms with E-state index in [-0.39, 0.29) is 12.4 Å². The summed E-state index contributed by atoms with van der Waals surface area (Å²) in [6.45, 7) is 4.15. The molecule has 0 fully saturated rings. The van der Waals surface area contributed by atoms with Gasteiger partial charge in [0, 0.05) is 22.6 Å². The van der Waals surface area contributed by atoms with E-state index >= 15 is 0 Å². The van der Waals surface area contributed by atoms with Crippen LogP contribution in [-0.2, 0) is 12.0 Å². The lowest BCUT2D eigenvalue weighted by atomic mass is 9.68. The summed E-state index contributed by atoms with van der Waals surface area (Å²) in [5.41, 5.74) is 4.58. The highest BCUT2D eigenvalue weighted by Gasteiger charge is 2.41. The smallest absolute Gasteiger partial charge is 0.135 e. The molecule has 0 aromatic heterocycles. The third-order valence-electron chi connectivity index (χ3n) is 5.13. The number of phenolic OH excluding ortho intramolecular Hbond substituents is 1. The number of aromatic hydroxyl groups is 1. The van der Waals surface area contributed by atoms with Crippen molar-refractivity contribution in [3.05, 3.63) is 88.5 Å². The van der Waals surface area contributed by atoms with Gasteiger partial charge in [-0.2, -0.15) is 0 Å². The number of fused-ring (bicyclic) bond motifs is 2. The van der Waals surface area contributed by atoms with Gasteiger partial charge in [-0.25, -0.2) is 0 Å². The lowest BCUT2D eigenvalue weighted by Gasteiger charge is -2.39. The highest BCUT2D eigenvalue weighted by atomic mass is 16.5. The number of phenols is 1. The molecule has 1 heterocycles. The predicted molar refractivity (Wildman–Crippen MR) is 97.3 cm³/mol. The maximum Gasteiger partial charge on any atom is 0.135 e. The molecule has 3 nitrogen and oxygen atoms in total. The monoisotopic (exact) mass is 332 g/mol. The van der Waals surface area contributed by atoms with E-state index in [2.05, 4.69) is 25.1 Å². The van der Waals surface area contributed by atoms with Crippen molar-refractivity contribution in [3.8, 4) is 17.2 Å². The first-order chi connectivity index (χ1) is 12.0. The Hall–Kier alpha value is -2.78. The van der Waals surface area contributed by atoms with Crippen LogP contribution in [0.1, 0.15) is 34.7 Å². The van der Waals surface area contributed by atoms with Crippen LogP contribution in [-0.4, -0.2) is 10.2 Å². The summed E-state index contributed by atoms with van der Waals surface area (Å²) in [4.78, 5) is 0. The molecule has 0 saturated heterocycles. The summed E-state index contributed by atoms with van der Waals surface area (Å²) in [5, 5.41) is 19.8. The molecule has 2 N–H and O–H groups in total. The minimum Gasteiger partial charge on any atom is -0.508 e. The average Bonchev–Trinajstić information content (AvgIpc) is 2.61. The normalized spacial score (nSPS) is 18.2. The van der Waals surface area contributed by atoms with Gasteiger partial charge < -0.3 is 14.9 Å². The Balaban J connectivity index is 2.07. The second-order valence-electron chi connectivity index (χ2n) is 6.72. The maximum absolute atomic E-state index is 9.91. The fraction of sp³-hybridized carbons (Fsp3) is 0.182. The van der Waals surface area contributed by atoms with E-state index in [0.717, 1.165) is 33.6 Å². The van der Waals surface area contributed by atoms with Crippen molar-refractivity contribution in [3.63, 3.8) is 0 Å². The van der Waals surface area contributed by atoms with E-state index in [1.807, 2.05) is 37.3 Å². The molecule has 0 amide bonds. The van der Waals surface area contributed by atoms with Gasteiger partial charge in [-0.05, 0) is 42.7 Å². The fourth-order valence-electron chi connectivity index (χ4n) is 3.84. The van der Waals surface area contributed by atoms with Crippen molar-refractivity contribution in [2.24, 2.45) is 0 Å². The molecule has 0 aliphatic carbocycles. The number of aliphatic hydroxyl groups excluding tert-OH is 1. The molecule has 4 rings (SSSR count). The van der Waals surface area contributed by atoms with Crippen molar-refractivity contribution in [2.45, 2.75) is 25.9 Å². The second kappa shape index (κ2) is 5.64.